The van der Waals surface area contributed by atoms with Crippen LogP contribution in [0.25, 0.3) is 0 Å². The van der Waals surface area contributed by atoms with E-state index in [2.05, 4.69) is 22.4 Å². The van der Waals surface area contributed by atoms with Crippen LogP contribution in [0, 0.1) is 6.92 Å². The number of hydrogen-bond donors (Lipinski definition) is 1. The van der Waals surface area contributed by atoms with Gasteiger partial charge in [-0.25, -0.2) is 4.63 Å². The van der Waals surface area contributed by atoms with Crippen molar-refractivity contribution in [2.75, 3.05) is 26.7 Å². The van der Waals surface area contributed by atoms with E-state index in [1.165, 1.54) is 5.56 Å². The summed E-state index contributed by atoms with van der Waals surface area (Å²) in [7, 11) is 1.87. The van der Waals surface area contributed by atoms with Crippen molar-refractivity contribution in [3.8, 4) is 0 Å². The topological polar surface area (TPSA) is 82.7 Å². The molecule has 1 amide bonds. The average molecular weight is 372 g/mol. The number of carbonyl (C=O) groups excluding carboxylic acids is 1. The smallest absolute Gasteiger partial charge is 0.255 e. The van der Waals surface area contributed by atoms with Crippen molar-refractivity contribution < 1.29 is 14.5 Å². The molecule has 1 aromatic carbocycles. The average Bonchev–Trinajstić information content (AvgIpc) is 3.04. The van der Waals surface area contributed by atoms with Gasteiger partial charge in [0.1, 0.15) is 11.4 Å². The van der Waals surface area contributed by atoms with Crippen LogP contribution in [0.4, 0.5) is 0 Å². The van der Waals surface area contributed by atoms with Gasteiger partial charge in [0.25, 0.3) is 5.91 Å². The van der Waals surface area contributed by atoms with Crippen LogP contribution in [-0.2, 0) is 17.8 Å². The summed E-state index contributed by atoms with van der Waals surface area (Å²) < 4.78 is 4.72. The molecule has 1 aliphatic rings. The molecule has 0 bridgehead atoms. The van der Waals surface area contributed by atoms with Gasteiger partial charge in [-0.05, 0) is 45.2 Å². The second-order valence-electron chi connectivity index (χ2n) is 7.49. The SMILES string of the molecule is Cc1nonc1CN(C)C[C@@]1(O)CCCN(CCCc2ccccc2)C1=O. The van der Waals surface area contributed by atoms with E-state index in [1.807, 2.05) is 42.0 Å². The highest BCUT2D eigenvalue weighted by atomic mass is 16.6. The zero-order valence-corrected chi connectivity index (χ0v) is 16.1. The summed E-state index contributed by atoms with van der Waals surface area (Å²) in [5.41, 5.74) is 1.38. The van der Waals surface area contributed by atoms with Gasteiger partial charge < -0.3 is 10.0 Å². The molecule has 2 aromatic rings. The molecule has 7 nitrogen and oxygen atoms in total. The number of piperidine rings is 1. The predicted molar refractivity (Wildman–Crippen MR) is 101 cm³/mol. The quantitative estimate of drug-likeness (QED) is 0.761. The summed E-state index contributed by atoms with van der Waals surface area (Å²) in [6.45, 7) is 3.97. The monoisotopic (exact) mass is 372 g/mol. The van der Waals surface area contributed by atoms with Gasteiger partial charge in [0, 0.05) is 26.2 Å². The standard InChI is InChI=1S/C20H28N4O3/c1-16-18(22-27-21-16)14-23(2)15-20(26)11-7-13-24(19(20)25)12-6-10-17-8-4-3-5-9-17/h3-5,8-9,26H,6-7,10-15H2,1-2H3/t20-/m0/s1. The Labute approximate surface area is 159 Å². The highest BCUT2D eigenvalue weighted by Crippen LogP contribution is 2.24. The second-order valence-corrected chi connectivity index (χ2v) is 7.49. The molecule has 3 rings (SSSR count). The van der Waals surface area contributed by atoms with Crippen LogP contribution >= 0.6 is 0 Å². The number of aryl methyl sites for hydroxylation is 2. The van der Waals surface area contributed by atoms with Crippen molar-refractivity contribution in [1.82, 2.24) is 20.1 Å². The molecular formula is C20H28N4O3. The van der Waals surface area contributed by atoms with E-state index in [-0.39, 0.29) is 12.5 Å². The second kappa shape index (κ2) is 8.63. The lowest BCUT2D eigenvalue weighted by Gasteiger charge is -2.40. The van der Waals surface area contributed by atoms with E-state index in [4.69, 9.17) is 4.63 Å². The molecule has 0 aliphatic carbocycles. The van der Waals surface area contributed by atoms with Crippen LogP contribution in [-0.4, -0.2) is 63.4 Å². The summed E-state index contributed by atoms with van der Waals surface area (Å²) in [6.07, 6.45) is 3.13. The van der Waals surface area contributed by atoms with Crippen molar-refractivity contribution in [3.05, 3.63) is 47.3 Å². The summed E-state index contributed by atoms with van der Waals surface area (Å²) in [6, 6.07) is 10.3. The minimum atomic E-state index is -1.34. The Balaban J connectivity index is 1.53. The summed E-state index contributed by atoms with van der Waals surface area (Å²) in [5, 5.41) is 18.6. The zero-order valence-electron chi connectivity index (χ0n) is 16.1. The van der Waals surface area contributed by atoms with Crippen LogP contribution in [0.5, 0.6) is 0 Å². The first-order chi connectivity index (χ1) is 13.0. The zero-order chi connectivity index (χ0) is 19.3. The number of likely N-dealkylation sites (N-methyl/N-ethyl adjacent to an activating group) is 1. The summed E-state index contributed by atoms with van der Waals surface area (Å²) >= 11 is 0. The molecular weight excluding hydrogens is 344 g/mol. The molecule has 0 spiro atoms. The van der Waals surface area contributed by atoms with Gasteiger partial charge in [0.05, 0.1) is 0 Å². The van der Waals surface area contributed by atoms with Crippen LogP contribution in [0.2, 0.25) is 0 Å². The van der Waals surface area contributed by atoms with Gasteiger partial charge >= 0.3 is 0 Å². The van der Waals surface area contributed by atoms with Gasteiger partial charge in [-0.15, -0.1) is 0 Å². The van der Waals surface area contributed by atoms with E-state index < -0.39 is 5.60 Å². The molecule has 1 aliphatic heterocycles. The number of likely N-dealkylation sites (tertiary alicyclic amines) is 1. The lowest BCUT2D eigenvalue weighted by atomic mass is 9.91. The predicted octanol–water partition coefficient (Wildman–Crippen LogP) is 1.80. The molecule has 1 atom stereocenters. The van der Waals surface area contributed by atoms with Crippen molar-refractivity contribution in [1.29, 1.82) is 0 Å². The number of aliphatic hydroxyl groups is 1. The normalized spacial score (nSPS) is 20.4. The van der Waals surface area contributed by atoms with Gasteiger partial charge in [0.2, 0.25) is 0 Å². The Morgan fingerprint density at radius 2 is 2.07 bits per heavy atom. The molecule has 0 saturated carbocycles. The Kier molecular flexibility index (Phi) is 6.23. The minimum absolute atomic E-state index is 0.163. The van der Waals surface area contributed by atoms with Crippen molar-refractivity contribution in [3.63, 3.8) is 0 Å². The van der Waals surface area contributed by atoms with Gasteiger partial charge in [-0.1, -0.05) is 40.6 Å². The largest absolute Gasteiger partial charge is 0.379 e. The van der Waals surface area contributed by atoms with Gasteiger partial charge in [-0.3, -0.25) is 9.69 Å². The Morgan fingerprint density at radius 3 is 2.78 bits per heavy atom. The van der Waals surface area contributed by atoms with E-state index in [0.29, 0.717) is 26.1 Å². The molecule has 7 heteroatoms. The molecule has 2 heterocycles. The third-order valence-electron chi connectivity index (χ3n) is 5.14. The van der Waals surface area contributed by atoms with Crippen molar-refractivity contribution in [2.45, 2.75) is 44.8 Å². The summed E-state index contributed by atoms with van der Waals surface area (Å²) in [4.78, 5) is 16.6. The molecule has 1 saturated heterocycles. The Hall–Kier alpha value is -2.25. The first-order valence-corrected chi connectivity index (χ1v) is 9.50. The number of aromatic nitrogens is 2. The fourth-order valence-corrected chi connectivity index (χ4v) is 3.69. The summed E-state index contributed by atoms with van der Waals surface area (Å²) in [5.74, 6) is -0.163. The first-order valence-electron chi connectivity index (χ1n) is 9.50. The molecule has 1 fully saturated rings. The maximum Gasteiger partial charge on any atom is 0.255 e. The highest BCUT2D eigenvalue weighted by molar-refractivity contribution is 5.86. The van der Waals surface area contributed by atoms with Crippen LogP contribution in [0.15, 0.2) is 35.0 Å². The van der Waals surface area contributed by atoms with E-state index in [9.17, 15) is 9.90 Å². The van der Waals surface area contributed by atoms with Gasteiger partial charge in [-0.2, -0.15) is 0 Å². The third-order valence-corrected chi connectivity index (χ3v) is 5.14. The van der Waals surface area contributed by atoms with Crippen molar-refractivity contribution in [2.24, 2.45) is 0 Å². The van der Waals surface area contributed by atoms with E-state index in [0.717, 1.165) is 30.7 Å². The lowest BCUT2D eigenvalue weighted by molar-refractivity contribution is -0.159. The number of benzene rings is 1. The molecule has 27 heavy (non-hydrogen) atoms. The Morgan fingerprint density at radius 1 is 1.30 bits per heavy atom. The van der Waals surface area contributed by atoms with Crippen LogP contribution in [0.3, 0.4) is 0 Å². The van der Waals surface area contributed by atoms with E-state index >= 15 is 0 Å². The number of rotatable bonds is 8. The van der Waals surface area contributed by atoms with E-state index in [1.54, 1.807) is 0 Å². The first kappa shape index (κ1) is 19.5. The number of hydrogen-bond acceptors (Lipinski definition) is 6. The molecule has 0 unspecified atom stereocenters. The fourth-order valence-electron chi connectivity index (χ4n) is 3.69. The third kappa shape index (κ3) is 4.93. The number of nitrogens with zero attached hydrogens (tertiary/aromatic N) is 4. The Bertz CT molecular complexity index is 749. The maximum absolute atomic E-state index is 12.9. The fraction of sp³-hybridized carbons (Fsp3) is 0.550. The van der Waals surface area contributed by atoms with Gasteiger partial charge in [0.15, 0.2) is 5.60 Å². The van der Waals surface area contributed by atoms with Crippen molar-refractivity contribution >= 4 is 5.91 Å². The molecule has 0 radical (unpaired) electrons. The lowest BCUT2D eigenvalue weighted by Crippen LogP contribution is -2.58. The maximum atomic E-state index is 12.9. The molecule has 146 valence electrons. The molecule has 1 N–H and O–H groups in total. The highest BCUT2D eigenvalue weighted by Gasteiger charge is 2.42. The van der Waals surface area contributed by atoms with Crippen LogP contribution < -0.4 is 0 Å². The minimum Gasteiger partial charge on any atom is -0.379 e. The number of carbonyl (C=O) groups is 1. The van der Waals surface area contributed by atoms with Crippen LogP contribution in [0.1, 0.15) is 36.2 Å². The number of amides is 1. The molecule has 1 aromatic heterocycles.